The second-order valence-corrected chi connectivity index (χ2v) is 5.68. The summed E-state index contributed by atoms with van der Waals surface area (Å²) in [6.07, 6.45) is -3.26. The number of amides is 1. The molecule has 0 spiro atoms. The quantitative estimate of drug-likeness (QED) is 0.852. The van der Waals surface area contributed by atoms with E-state index in [2.05, 4.69) is 0 Å². The molecular weight excluding hydrogens is 300 g/mol. The van der Waals surface area contributed by atoms with Crippen LogP contribution in [0.4, 0.5) is 17.6 Å². The van der Waals surface area contributed by atoms with Crippen molar-refractivity contribution in [2.24, 2.45) is 11.7 Å². The number of halogens is 4. The van der Waals surface area contributed by atoms with Crippen molar-refractivity contribution in [3.8, 4) is 0 Å². The zero-order valence-corrected chi connectivity index (χ0v) is 12.2. The molecule has 2 atom stereocenters. The molecule has 1 aromatic rings. The molecule has 1 aliphatic rings. The van der Waals surface area contributed by atoms with Crippen LogP contribution in [-0.2, 0) is 6.18 Å². The van der Waals surface area contributed by atoms with E-state index in [1.165, 1.54) is 4.90 Å². The molecule has 1 heterocycles. The Morgan fingerprint density at radius 1 is 1.41 bits per heavy atom. The first kappa shape index (κ1) is 16.7. The third kappa shape index (κ3) is 3.40. The minimum absolute atomic E-state index is 0.0755. The van der Waals surface area contributed by atoms with Gasteiger partial charge in [-0.1, -0.05) is 6.07 Å². The fraction of sp³-hybridized carbons (Fsp3) is 0.533. The highest BCUT2D eigenvalue weighted by Gasteiger charge is 2.36. The number of likely N-dealkylation sites (tertiary alicyclic amines) is 1. The molecule has 1 fully saturated rings. The molecule has 1 saturated heterocycles. The maximum absolute atomic E-state index is 14.0. The van der Waals surface area contributed by atoms with Crippen LogP contribution in [0.5, 0.6) is 0 Å². The third-order valence-corrected chi connectivity index (χ3v) is 4.02. The van der Waals surface area contributed by atoms with E-state index in [1.54, 1.807) is 0 Å². The molecule has 2 N–H and O–H groups in total. The molecule has 1 amide bonds. The second-order valence-electron chi connectivity index (χ2n) is 5.68. The highest BCUT2D eigenvalue weighted by Crippen LogP contribution is 2.33. The number of nitrogens with two attached hydrogens (primary N) is 1. The number of piperidine rings is 1. The van der Waals surface area contributed by atoms with E-state index in [4.69, 9.17) is 5.73 Å². The smallest absolute Gasteiger partial charge is 0.338 e. The first-order valence-electron chi connectivity index (χ1n) is 7.12. The van der Waals surface area contributed by atoms with Gasteiger partial charge in [0.15, 0.2) is 0 Å². The van der Waals surface area contributed by atoms with E-state index in [0.717, 1.165) is 18.6 Å². The van der Waals surface area contributed by atoms with Gasteiger partial charge < -0.3 is 10.6 Å². The van der Waals surface area contributed by atoms with E-state index < -0.39 is 29.0 Å². The van der Waals surface area contributed by atoms with E-state index >= 15 is 0 Å². The lowest BCUT2D eigenvalue weighted by atomic mass is 9.91. The lowest BCUT2D eigenvalue weighted by Gasteiger charge is -2.34. The molecule has 122 valence electrons. The topological polar surface area (TPSA) is 46.3 Å². The number of benzene rings is 1. The lowest BCUT2D eigenvalue weighted by molar-refractivity contribution is -0.140. The van der Waals surface area contributed by atoms with Crippen LogP contribution >= 0.6 is 0 Å². The fourth-order valence-corrected chi connectivity index (χ4v) is 2.71. The number of rotatable bonds is 2. The Morgan fingerprint density at radius 2 is 2.09 bits per heavy atom. The lowest BCUT2D eigenvalue weighted by Crippen LogP contribution is -2.45. The molecule has 1 aliphatic heterocycles. The number of hydrogen-bond donors (Lipinski definition) is 1. The van der Waals surface area contributed by atoms with Crippen molar-refractivity contribution in [1.82, 2.24) is 4.90 Å². The van der Waals surface area contributed by atoms with Crippen molar-refractivity contribution in [3.63, 3.8) is 0 Å². The van der Waals surface area contributed by atoms with Crippen LogP contribution in [0.15, 0.2) is 18.2 Å². The maximum Gasteiger partial charge on any atom is 0.419 e. The zero-order valence-electron chi connectivity index (χ0n) is 12.2. The Labute approximate surface area is 126 Å². The summed E-state index contributed by atoms with van der Waals surface area (Å²) in [6.45, 7) is 2.56. The van der Waals surface area contributed by atoms with Gasteiger partial charge >= 0.3 is 6.18 Å². The molecule has 0 saturated carbocycles. The number of carbonyl (C=O) groups excluding carboxylic acids is 1. The molecule has 1 aromatic carbocycles. The molecule has 22 heavy (non-hydrogen) atoms. The summed E-state index contributed by atoms with van der Waals surface area (Å²) in [7, 11) is 0. The van der Waals surface area contributed by atoms with Crippen LogP contribution in [-0.4, -0.2) is 29.9 Å². The summed E-state index contributed by atoms with van der Waals surface area (Å²) in [4.78, 5) is 13.7. The van der Waals surface area contributed by atoms with E-state index in [9.17, 15) is 22.4 Å². The van der Waals surface area contributed by atoms with Gasteiger partial charge in [0.2, 0.25) is 0 Å². The standard InChI is InChI=1S/C15H18F4N2O/c1-9(20)10-4-3-7-21(8-10)14(22)11-5-2-6-12(13(11)16)15(17,18)19/h2,5-6,9-10H,3-4,7-8,20H2,1H3. The van der Waals surface area contributed by atoms with Crippen LogP contribution in [0.1, 0.15) is 35.7 Å². The van der Waals surface area contributed by atoms with Gasteiger partial charge in [-0.15, -0.1) is 0 Å². The largest absolute Gasteiger partial charge is 0.419 e. The highest BCUT2D eigenvalue weighted by atomic mass is 19.4. The molecule has 3 nitrogen and oxygen atoms in total. The van der Waals surface area contributed by atoms with Crippen LogP contribution in [0.3, 0.4) is 0 Å². The first-order valence-corrected chi connectivity index (χ1v) is 7.12. The van der Waals surface area contributed by atoms with Crippen molar-refractivity contribution < 1.29 is 22.4 Å². The average Bonchev–Trinajstić information content (AvgIpc) is 2.45. The summed E-state index contributed by atoms with van der Waals surface area (Å²) in [5.74, 6) is -2.15. The number of hydrogen-bond acceptors (Lipinski definition) is 2. The summed E-state index contributed by atoms with van der Waals surface area (Å²) in [6, 6.07) is 2.64. The first-order chi connectivity index (χ1) is 10.2. The SMILES string of the molecule is CC(N)C1CCCN(C(=O)c2cccc(C(F)(F)F)c2F)C1. The van der Waals surface area contributed by atoms with Crippen molar-refractivity contribution in [3.05, 3.63) is 35.1 Å². The van der Waals surface area contributed by atoms with Crippen LogP contribution < -0.4 is 5.73 Å². The van der Waals surface area contributed by atoms with Crippen molar-refractivity contribution in [2.75, 3.05) is 13.1 Å². The third-order valence-electron chi connectivity index (χ3n) is 4.02. The van der Waals surface area contributed by atoms with E-state index in [0.29, 0.717) is 25.6 Å². The van der Waals surface area contributed by atoms with Crippen LogP contribution in [0.2, 0.25) is 0 Å². The van der Waals surface area contributed by atoms with Gasteiger partial charge in [0.05, 0.1) is 11.1 Å². The van der Waals surface area contributed by atoms with Crippen molar-refractivity contribution in [1.29, 1.82) is 0 Å². The monoisotopic (exact) mass is 318 g/mol. The predicted molar refractivity (Wildman–Crippen MR) is 73.7 cm³/mol. The van der Waals surface area contributed by atoms with Gasteiger partial charge in [-0.3, -0.25) is 4.79 Å². The van der Waals surface area contributed by atoms with Gasteiger partial charge in [0.1, 0.15) is 5.82 Å². The minimum Gasteiger partial charge on any atom is -0.338 e. The number of nitrogens with zero attached hydrogens (tertiary/aromatic N) is 1. The summed E-state index contributed by atoms with van der Waals surface area (Å²) >= 11 is 0. The van der Waals surface area contributed by atoms with Crippen LogP contribution in [0, 0.1) is 11.7 Å². The van der Waals surface area contributed by atoms with Gasteiger partial charge in [-0.2, -0.15) is 13.2 Å². The Balaban J connectivity index is 2.26. The zero-order chi connectivity index (χ0) is 16.5. The molecular formula is C15H18F4N2O. The Morgan fingerprint density at radius 3 is 2.68 bits per heavy atom. The average molecular weight is 318 g/mol. The normalized spacial score (nSPS) is 20.8. The van der Waals surface area contributed by atoms with Gasteiger partial charge in [-0.25, -0.2) is 4.39 Å². The fourth-order valence-electron chi connectivity index (χ4n) is 2.71. The van der Waals surface area contributed by atoms with Gasteiger partial charge in [0.25, 0.3) is 5.91 Å². The van der Waals surface area contributed by atoms with Gasteiger partial charge in [-0.05, 0) is 37.8 Å². The van der Waals surface area contributed by atoms with Crippen molar-refractivity contribution >= 4 is 5.91 Å². The Hall–Kier alpha value is -1.63. The second kappa shape index (κ2) is 6.24. The van der Waals surface area contributed by atoms with E-state index in [1.807, 2.05) is 6.92 Å². The minimum atomic E-state index is -4.82. The molecule has 2 unspecified atom stereocenters. The number of alkyl halides is 3. The van der Waals surface area contributed by atoms with Crippen molar-refractivity contribution in [2.45, 2.75) is 32.0 Å². The maximum atomic E-state index is 14.0. The van der Waals surface area contributed by atoms with E-state index in [-0.39, 0.29) is 12.0 Å². The van der Waals surface area contributed by atoms with Crippen LogP contribution in [0.25, 0.3) is 0 Å². The molecule has 2 rings (SSSR count). The molecule has 0 aliphatic carbocycles. The molecule has 0 radical (unpaired) electrons. The van der Waals surface area contributed by atoms with Gasteiger partial charge in [0, 0.05) is 19.1 Å². The summed E-state index contributed by atoms with van der Waals surface area (Å²) in [5.41, 5.74) is 3.86. The molecule has 7 heteroatoms. The highest BCUT2D eigenvalue weighted by molar-refractivity contribution is 5.94. The summed E-state index contributed by atoms with van der Waals surface area (Å²) in [5, 5.41) is 0. The summed E-state index contributed by atoms with van der Waals surface area (Å²) < 4.78 is 52.2. The Kier molecular flexibility index (Phi) is 4.75. The molecule has 0 bridgehead atoms. The number of carbonyl (C=O) groups is 1. The molecule has 0 aromatic heterocycles. The predicted octanol–water partition coefficient (Wildman–Crippen LogP) is 3.04. The Bertz CT molecular complexity index is 557.